The number of nitrogens with one attached hydrogen (secondary N) is 1. The molecular weight excluding hydrogens is 250 g/mol. The summed E-state index contributed by atoms with van der Waals surface area (Å²) in [7, 11) is 0. The van der Waals surface area contributed by atoms with Crippen molar-refractivity contribution in [1.82, 2.24) is 5.32 Å². The van der Waals surface area contributed by atoms with Crippen molar-refractivity contribution in [3.63, 3.8) is 0 Å². The van der Waals surface area contributed by atoms with E-state index in [9.17, 15) is 4.79 Å². The number of benzene rings is 1. The molecule has 1 N–H and O–H groups in total. The van der Waals surface area contributed by atoms with E-state index in [-0.39, 0.29) is 5.24 Å². The Labute approximate surface area is 91.3 Å². The van der Waals surface area contributed by atoms with E-state index >= 15 is 0 Å². The molecule has 1 aromatic rings. The van der Waals surface area contributed by atoms with Gasteiger partial charge < -0.3 is 5.32 Å². The number of amides is 1. The van der Waals surface area contributed by atoms with Crippen LogP contribution in [-0.4, -0.2) is 11.8 Å². The van der Waals surface area contributed by atoms with E-state index in [0.717, 1.165) is 10.9 Å². The molecule has 0 fully saturated rings. The molecule has 0 aromatic heterocycles. The van der Waals surface area contributed by atoms with Crippen molar-refractivity contribution in [3.8, 4) is 0 Å². The SMILES string of the molecule is O=C(S)NCCc1cccc(Br)c1. The maximum atomic E-state index is 10.4. The van der Waals surface area contributed by atoms with Gasteiger partial charge >= 0.3 is 0 Å². The van der Waals surface area contributed by atoms with Crippen molar-refractivity contribution in [2.75, 3.05) is 6.54 Å². The molecule has 0 heterocycles. The van der Waals surface area contributed by atoms with Crippen LogP contribution < -0.4 is 5.32 Å². The summed E-state index contributed by atoms with van der Waals surface area (Å²) in [6.45, 7) is 0.624. The van der Waals surface area contributed by atoms with E-state index in [0.29, 0.717) is 6.54 Å². The van der Waals surface area contributed by atoms with Gasteiger partial charge in [-0.2, -0.15) is 0 Å². The van der Waals surface area contributed by atoms with E-state index < -0.39 is 0 Å². The van der Waals surface area contributed by atoms with Crippen LogP contribution in [-0.2, 0) is 6.42 Å². The Balaban J connectivity index is 2.41. The standard InChI is InChI=1S/C9H10BrNOS/c10-8-3-1-2-7(6-8)4-5-11-9(12)13/h1-3,6H,4-5H2,(H2,11,12,13). The molecule has 4 heteroatoms. The molecule has 0 aliphatic rings. The average Bonchev–Trinajstić information content (AvgIpc) is 2.03. The zero-order chi connectivity index (χ0) is 9.68. The fourth-order valence-electron chi connectivity index (χ4n) is 1.01. The lowest BCUT2D eigenvalue weighted by atomic mass is 10.1. The summed E-state index contributed by atoms with van der Waals surface area (Å²) in [5.41, 5.74) is 1.19. The highest BCUT2D eigenvalue weighted by Crippen LogP contribution is 2.11. The molecule has 0 aliphatic carbocycles. The third-order valence-electron chi connectivity index (χ3n) is 1.58. The molecular formula is C9H10BrNOS. The lowest BCUT2D eigenvalue weighted by Crippen LogP contribution is -2.19. The van der Waals surface area contributed by atoms with Crippen LogP contribution in [0.5, 0.6) is 0 Å². The molecule has 0 unspecified atom stereocenters. The quantitative estimate of drug-likeness (QED) is 0.804. The summed E-state index contributed by atoms with van der Waals surface area (Å²) in [6, 6.07) is 8.00. The molecule has 0 atom stereocenters. The first-order chi connectivity index (χ1) is 6.18. The molecule has 2 nitrogen and oxygen atoms in total. The van der Waals surface area contributed by atoms with Gasteiger partial charge in [0.2, 0.25) is 0 Å². The van der Waals surface area contributed by atoms with E-state index in [1.165, 1.54) is 5.56 Å². The Hall–Kier alpha value is -0.480. The van der Waals surface area contributed by atoms with Crippen molar-refractivity contribution in [2.24, 2.45) is 0 Å². The minimum absolute atomic E-state index is 0.282. The second-order valence-corrected chi connectivity index (χ2v) is 3.93. The Morgan fingerprint density at radius 3 is 2.92 bits per heavy atom. The Kier molecular flexibility index (Phi) is 4.32. The van der Waals surface area contributed by atoms with Gasteiger partial charge in [-0.25, -0.2) is 0 Å². The summed E-state index contributed by atoms with van der Waals surface area (Å²) in [5.74, 6) is 0. The molecule has 0 spiro atoms. The van der Waals surface area contributed by atoms with E-state index in [2.05, 4.69) is 33.9 Å². The predicted molar refractivity (Wildman–Crippen MR) is 60.2 cm³/mol. The van der Waals surface area contributed by atoms with Crippen LogP contribution in [0.1, 0.15) is 5.56 Å². The molecule has 70 valence electrons. The van der Waals surface area contributed by atoms with Gasteiger partial charge in [-0.3, -0.25) is 4.79 Å². The smallest absolute Gasteiger partial charge is 0.275 e. The summed E-state index contributed by atoms with van der Waals surface area (Å²) in [6.07, 6.45) is 0.825. The number of hydrogen-bond donors (Lipinski definition) is 2. The van der Waals surface area contributed by atoms with Crippen LogP contribution in [0, 0.1) is 0 Å². The maximum absolute atomic E-state index is 10.4. The van der Waals surface area contributed by atoms with Gasteiger partial charge in [-0.05, 0) is 24.1 Å². The number of hydrogen-bond acceptors (Lipinski definition) is 1. The van der Waals surface area contributed by atoms with Gasteiger partial charge in [-0.1, -0.05) is 40.7 Å². The average molecular weight is 260 g/mol. The largest absolute Gasteiger partial charge is 0.347 e. The van der Waals surface area contributed by atoms with Crippen LogP contribution in [0.15, 0.2) is 28.7 Å². The number of rotatable bonds is 3. The minimum atomic E-state index is -0.282. The zero-order valence-corrected chi connectivity index (χ0v) is 9.44. The summed E-state index contributed by atoms with van der Waals surface area (Å²) in [4.78, 5) is 10.4. The van der Waals surface area contributed by atoms with E-state index in [1.807, 2.05) is 24.3 Å². The van der Waals surface area contributed by atoms with Crippen LogP contribution in [0.2, 0.25) is 0 Å². The van der Waals surface area contributed by atoms with Gasteiger partial charge in [0.25, 0.3) is 5.24 Å². The van der Waals surface area contributed by atoms with Crippen LogP contribution in [0.25, 0.3) is 0 Å². The van der Waals surface area contributed by atoms with Gasteiger partial charge in [0.05, 0.1) is 0 Å². The molecule has 1 rings (SSSR count). The first-order valence-electron chi connectivity index (χ1n) is 3.90. The summed E-state index contributed by atoms with van der Waals surface area (Å²) < 4.78 is 1.06. The maximum Gasteiger partial charge on any atom is 0.275 e. The van der Waals surface area contributed by atoms with Crippen LogP contribution in [0.4, 0.5) is 4.79 Å². The van der Waals surface area contributed by atoms with Crippen LogP contribution >= 0.6 is 28.6 Å². The predicted octanol–water partition coefficient (Wildman–Crippen LogP) is 2.63. The number of carbonyl (C=O) groups excluding carboxylic acids is 1. The Morgan fingerprint density at radius 2 is 2.31 bits per heavy atom. The van der Waals surface area contributed by atoms with Crippen molar-refractivity contribution >= 4 is 33.8 Å². The lowest BCUT2D eigenvalue weighted by Gasteiger charge is -2.02. The summed E-state index contributed by atoms with van der Waals surface area (Å²) in [5, 5.41) is 2.34. The van der Waals surface area contributed by atoms with Crippen molar-refractivity contribution in [3.05, 3.63) is 34.3 Å². The summed E-state index contributed by atoms with van der Waals surface area (Å²) >= 11 is 6.99. The fraction of sp³-hybridized carbons (Fsp3) is 0.222. The molecule has 0 saturated heterocycles. The van der Waals surface area contributed by atoms with Crippen molar-refractivity contribution in [1.29, 1.82) is 0 Å². The minimum Gasteiger partial charge on any atom is -0.347 e. The Bertz CT molecular complexity index is 303. The molecule has 0 aliphatic heterocycles. The molecule has 1 amide bonds. The number of carbonyl (C=O) groups is 1. The monoisotopic (exact) mass is 259 g/mol. The van der Waals surface area contributed by atoms with Gasteiger partial charge in [0.15, 0.2) is 0 Å². The second-order valence-electron chi connectivity index (χ2n) is 2.61. The number of thiol groups is 1. The first kappa shape index (κ1) is 10.6. The third kappa shape index (κ3) is 4.33. The number of halogens is 1. The van der Waals surface area contributed by atoms with Crippen molar-refractivity contribution < 1.29 is 4.79 Å². The highest BCUT2D eigenvalue weighted by molar-refractivity contribution is 9.10. The highest BCUT2D eigenvalue weighted by Gasteiger charge is 1.95. The van der Waals surface area contributed by atoms with Gasteiger partial charge in [-0.15, -0.1) is 0 Å². The first-order valence-corrected chi connectivity index (χ1v) is 5.14. The van der Waals surface area contributed by atoms with Crippen LogP contribution in [0.3, 0.4) is 0 Å². The molecule has 0 bridgehead atoms. The molecule has 13 heavy (non-hydrogen) atoms. The molecule has 0 saturated carbocycles. The fourth-order valence-corrected chi connectivity index (χ4v) is 1.56. The normalized spacial score (nSPS) is 9.69. The Morgan fingerprint density at radius 1 is 1.54 bits per heavy atom. The zero-order valence-electron chi connectivity index (χ0n) is 6.96. The molecule has 1 aromatic carbocycles. The van der Waals surface area contributed by atoms with Crippen molar-refractivity contribution in [2.45, 2.75) is 6.42 Å². The molecule has 0 radical (unpaired) electrons. The topological polar surface area (TPSA) is 29.1 Å². The lowest BCUT2D eigenvalue weighted by molar-refractivity contribution is 0.261. The van der Waals surface area contributed by atoms with Gasteiger partial charge in [0.1, 0.15) is 0 Å². The third-order valence-corrected chi connectivity index (χ3v) is 2.23. The second kappa shape index (κ2) is 5.29. The van der Waals surface area contributed by atoms with E-state index in [1.54, 1.807) is 0 Å². The van der Waals surface area contributed by atoms with E-state index in [4.69, 9.17) is 0 Å². The highest BCUT2D eigenvalue weighted by atomic mass is 79.9. The van der Waals surface area contributed by atoms with Gasteiger partial charge in [0, 0.05) is 11.0 Å².